The summed E-state index contributed by atoms with van der Waals surface area (Å²) < 4.78 is 2.12. The van der Waals surface area contributed by atoms with Gasteiger partial charge < -0.3 is 15.0 Å². The lowest BCUT2D eigenvalue weighted by molar-refractivity contribution is 0.192. The van der Waals surface area contributed by atoms with Gasteiger partial charge in [-0.05, 0) is 27.2 Å². The van der Waals surface area contributed by atoms with Crippen LogP contribution in [0.4, 0.5) is 0 Å². The smallest absolute Gasteiger partial charge is 0.150 e. The first kappa shape index (κ1) is 10.6. The lowest BCUT2D eigenvalue weighted by Crippen LogP contribution is -2.20. The normalized spacial score (nSPS) is 26.5. The van der Waals surface area contributed by atoms with Gasteiger partial charge >= 0.3 is 0 Å². The molecule has 84 valence electrons. The van der Waals surface area contributed by atoms with Gasteiger partial charge in [0.1, 0.15) is 5.82 Å². The van der Waals surface area contributed by atoms with Crippen LogP contribution < -0.4 is 5.32 Å². The van der Waals surface area contributed by atoms with Crippen LogP contribution in [0.1, 0.15) is 44.0 Å². The van der Waals surface area contributed by atoms with E-state index in [1.165, 1.54) is 0 Å². The lowest BCUT2D eigenvalue weighted by Gasteiger charge is -2.16. The molecule has 1 aromatic heterocycles. The van der Waals surface area contributed by atoms with Crippen molar-refractivity contribution in [2.75, 3.05) is 6.54 Å². The molecule has 2 rings (SSSR count). The Morgan fingerprint density at radius 3 is 2.73 bits per heavy atom. The van der Waals surface area contributed by atoms with Crippen LogP contribution in [0.5, 0.6) is 0 Å². The van der Waals surface area contributed by atoms with E-state index >= 15 is 0 Å². The third-order valence-electron chi connectivity index (χ3n) is 2.83. The maximum absolute atomic E-state index is 9.48. The standard InChI is InChI=1S/C10H18N4O/c1-6(2)14-7(3)12-13-10(14)9-4-8(15)5-11-9/h6,8-9,11,15H,4-5H2,1-3H3. The maximum Gasteiger partial charge on any atom is 0.150 e. The second-order valence-electron chi connectivity index (χ2n) is 4.42. The third kappa shape index (κ3) is 1.89. The van der Waals surface area contributed by atoms with E-state index in [-0.39, 0.29) is 12.1 Å². The highest BCUT2D eigenvalue weighted by Gasteiger charge is 2.28. The first-order valence-electron chi connectivity index (χ1n) is 5.42. The first-order chi connectivity index (χ1) is 7.09. The van der Waals surface area contributed by atoms with Gasteiger partial charge in [0.2, 0.25) is 0 Å². The van der Waals surface area contributed by atoms with Gasteiger partial charge in [-0.15, -0.1) is 10.2 Å². The molecule has 2 N–H and O–H groups in total. The maximum atomic E-state index is 9.48. The van der Waals surface area contributed by atoms with E-state index in [4.69, 9.17) is 0 Å². The molecular formula is C10H18N4O. The number of nitrogens with zero attached hydrogens (tertiary/aromatic N) is 3. The quantitative estimate of drug-likeness (QED) is 0.749. The van der Waals surface area contributed by atoms with Crippen molar-refractivity contribution in [1.29, 1.82) is 0 Å². The second-order valence-corrected chi connectivity index (χ2v) is 4.42. The molecule has 0 aliphatic carbocycles. The number of hydrogen-bond acceptors (Lipinski definition) is 4. The van der Waals surface area contributed by atoms with Gasteiger partial charge in [-0.2, -0.15) is 0 Å². The van der Waals surface area contributed by atoms with Crippen molar-refractivity contribution in [3.05, 3.63) is 11.6 Å². The fourth-order valence-corrected chi connectivity index (χ4v) is 2.18. The largest absolute Gasteiger partial charge is 0.392 e. The number of aryl methyl sites for hydroxylation is 1. The zero-order chi connectivity index (χ0) is 11.0. The van der Waals surface area contributed by atoms with E-state index in [1.807, 2.05) is 6.92 Å². The highest BCUT2D eigenvalue weighted by Crippen LogP contribution is 2.24. The van der Waals surface area contributed by atoms with Crippen LogP contribution in [0.15, 0.2) is 0 Å². The number of hydrogen-bond donors (Lipinski definition) is 2. The van der Waals surface area contributed by atoms with Gasteiger partial charge in [0.05, 0.1) is 12.1 Å². The number of aromatic nitrogens is 3. The number of aliphatic hydroxyl groups excluding tert-OH is 1. The number of nitrogens with one attached hydrogen (secondary N) is 1. The molecule has 1 aliphatic rings. The summed E-state index contributed by atoms with van der Waals surface area (Å²) >= 11 is 0. The summed E-state index contributed by atoms with van der Waals surface area (Å²) in [7, 11) is 0. The Bertz CT molecular complexity index is 347. The van der Waals surface area contributed by atoms with Crippen molar-refractivity contribution in [3.8, 4) is 0 Å². The Kier molecular flexibility index (Phi) is 2.75. The molecule has 0 saturated carbocycles. The predicted molar refractivity (Wildman–Crippen MR) is 56.5 cm³/mol. The van der Waals surface area contributed by atoms with E-state index in [1.54, 1.807) is 0 Å². The molecule has 0 radical (unpaired) electrons. The van der Waals surface area contributed by atoms with E-state index < -0.39 is 0 Å². The SMILES string of the molecule is Cc1nnc(C2CC(O)CN2)n1C(C)C. The van der Waals surface area contributed by atoms with E-state index in [9.17, 15) is 5.11 Å². The molecule has 1 saturated heterocycles. The Morgan fingerprint density at radius 2 is 2.20 bits per heavy atom. The summed E-state index contributed by atoms with van der Waals surface area (Å²) in [5.41, 5.74) is 0. The number of rotatable bonds is 2. The lowest BCUT2D eigenvalue weighted by atomic mass is 10.2. The molecule has 0 aromatic carbocycles. The average Bonchev–Trinajstić information content (AvgIpc) is 2.71. The molecule has 5 heteroatoms. The Hall–Kier alpha value is -0.940. The highest BCUT2D eigenvalue weighted by atomic mass is 16.3. The van der Waals surface area contributed by atoms with Crippen LogP contribution >= 0.6 is 0 Å². The zero-order valence-electron chi connectivity index (χ0n) is 9.44. The van der Waals surface area contributed by atoms with Crippen molar-refractivity contribution in [3.63, 3.8) is 0 Å². The van der Waals surface area contributed by atoms with Crippen LogP contribution in [0.25, 0.3) is 0 Å². The van der Waals surface area contributed by atoms with Crippen molar-refractivity contribution < 1.29 is 5.11 Å². The first-order valence-corrected chi connectivity index (χ1v) is 5.42. The number of aliphatic hydroxyl groups is 1. The van der Waals surface area contributed by atoms with Gasteiger partial charge in [0.25, 0.3) is 0 Å². The fourth-order valence-electron chi connectivity index (χ4n) is 2.18. The summed E-state index contributed by atoms with van der Waals surface area (Å²) in [5, 5.41) is 21.0. The molecular weight excluding hydrogens is 192 g/mol. The molecule has 1 fully saturated rings. The van der Waals surface area contributed by atoms with Gasteiger partial charge in [0.15, 0.2) is 5.82 Å². The second kappa shape index (κ2) is 3.90. The summed E-state index contributed by atoms with van der Waals surface area (Å²) in [6.45, 7) is 6.84. The van der Waals surface area contributed by atoms with Crippen LogP contribution in [0, 0.1) is 6.92 Å². The van der Waals surface area contributed by atoms with Crippen LogP contribution in [-0.4, -0.2) is 32.5 Å². The Labute approximate surface area is 89.5 Å². The van der Waals surface area contributed by atoms with Crippen LogP contribution in [0.3, 0.4) is 0 Å². The molecule has 0 bridgehead atoms. The molecule has 0 spiro atoms. The van der Waals surface area contributed by atoms with Crippen LogP contribution in [-0.2, 0) is 0 Å². The summed E-state index contributed by atoms with van der Waals surface area (Å²) in [6, 6.07) is 0.498. The average molecular weight is 210 g/mol. The van der Waals surface area contributed by atoms with E-state index in [0.717, 1.165) is 18.1 Å². The fraction of sp³-hybridized carbons (Fsp3) is 0.800. The molecule has 1 aromatic rings. The van der Waals surface area contributed by atoms with E-state index in [2.05, 4.69) is 33.9 Å². The molecule has 5 nitrogen and oxygen atoms in total. The molecule has 2 unspecified atom stereocenters. The number of β-amino-alcohol motifs (C(OH)–C–C–N with tert-alkyl or cyclic N) is 1. The van der Waals surface area contributed by atoms with Crippen molar-refractivity contribution in [2.45, 2.75) is 45.4 Å². The predicted octanol–water partition coefficient (Wildman–Crippen LogP) is 0.563. The van der Waals surface area contributed by atoms with Gasteiger partial charge in [-0.1, -0.05) is 0 Å². The molecule has 2 atom stereocenters. The Balaban J connectivity index is 2.28. The molecule has 2 heterocycles. The van der Waals surface area contributed by atoms with Gasteiger partial charge in [0, 0.05) is 12.6 Å². The minimum absolute atomic E-state index is 0.142. The van der Waals surface area contributed by atoms with Crippen molar-refractivity contribution in [2.24, 2.45) is 0 Å². The third-order valence-corrected chi connectivity index (χ3v) is 2.83. The highest BCUT2D eigenvalue weighted by molar-refractivity contribution is 5.04. The van der Waals surface area contributed by atoms with Crippen molar-refractivity contribution >= 4 is 0 Å². The minimum atomic E-state index is -0.257. The van der Waals surface area contributed by atoms with Crippen LogP contribution in [0.2, 0.25) is 0 Å². The minimum Gasteiger partial charge on any atom is -0.392 e. The van der Waals surface area contributed by atoms with Gasteiger partial charge in [-0.25, -0.2) is 0 Å². The van der Waals surface area contributed by atoms with E-state index in [0.29, 0.717) is 12.6 Å². The topological polar surface area (TPSA) is 63.0 Å². The molecule has 1 aliphatic heterocycles. The van der Waals surface area contributed by atoms with Crippen molar-refractivity contribution in [1.82, 2.24) is 20.1 Å². The molecule has 15 heavy (non-hydrogen) atoms. The molecule has 0 amide bonds. The van der Waals surface area contributed by atoms with Gasteiger partial charge in [-0.3, -0.25) is 0 Å². The zero-order valence-corrected chi connectivity index (χ0v) is 9.44. The summed E-state index contributed by atoms with van der Waals surface area (Å²) in [6.07, 6.45) is 0.470. The Morgan fingerprint density at radius 1 is 1.47 bits per heavy atom. The summed E-state index contributed by atoms with van der Waals surface area (Å²) in [5.74, 6) is 1.88. The summed E-state index contributed by atoms with van der Waals surface area (Å²) in [4.78, 5) is 0. The monoisotopic (exact) mass is 210 g/mol.